The van der Waals surface area contributed by atoms with Gasteiger partial charge in [-0.15, -0.1) is 0 Å². The molecule has 0 radical (unpaired) electrons. The number of nitrogens with zero attached hydrogens (tertiary/aromatic N) is 1. The van der Waals surface area contributed by atoms with Crippen molar-refractivity contribution in [3.63, 3.8) is 0 Å². The van der Waals surface area contributed by atoms with E-state index >= 15 is 0 Å². The van der Waals surface area contributed by atoms with Crippen LogP contribution in [-0.4, -0.2) is 18.0 Å². The highest BCUT2D eigenvalue weighted by atomic mass is 16.1. The predicted octanol–water partition coefficient (Wildman–Crippen LogP) is 1.36. The van der Waals surface area contributed by atoms with Crippen molar-refractivity contribution in [2.75, 3.05) is 0 Å². The second kappa shape index (κ2) is 2.37. The maximum atomic E-state index is 10.4. The van der Waals surface area contributed by atoms with Crippen LogP contribution in [0.4, 0.5) is 0 Å². The number of carbonyl (C=O) groups excluding carboxylic acids is 1. The molecule has 0 saturated heterocycles. The van der Waals surface area contributed by atoms with Crippen molar-refractivity contribution in [2.24, 2.45) is 4.99 Å². The summed E-state index contributed by atoms with van der Waals surface area (Å²) in [6.07, 6.45) is 0.884. The minimum atomic E-state index is -0.194. The molecule has 0 saturated carbocycles. The highest BCUT2D eigenvalue weighted by Gasteiger charge is 2.18. The summed E-state index contributed by atoms with van der Waals surface area (Å²) >= 11 is 0. The Kier molecular flexibility index (Phi) is 1.70. The lowest BCUT2D eigenvalue weighted by molar-refractivity contribution is -0.108. The fourth-order valence-corrected chi connectivity index (χ4v) is 1.04. The van der Waals surface area contributed by atoms with Gasteiger partial charge in [0.1, 0.15) is 12.3 Å². The lowest BCUT2D eigenvalue weighted by Gasteiger charge is -1.97. The Morgan fingerprint density at radius 3 is 2.20 bits per heavy atom. The molecule has 54 valence electrons. The van der Waals surface area contributed by atoms with Crippen LogP contribution >= 0.6 is 0 Å². The molecule has 0 spiro atoms. The fourth-order valence-electron chi connectivity index (χ4n) is 1.04. The van der Waals surface area contributed by atoms with E-state index in [-0.39, 0.29) is 6.04 Å². The van der Waals surface area contributed by atoms with Gasteiger partial charge < -0.3 is 4.79 Å². The Hall–Kier alpha value is -0.920. The summed E-state index contributed by atoms with van der Waals surface area (Å²) in [5.41, 5.74) is 3.25. The van der Waals surface area contributed by atoms with Crippen molar-refractivity contribution >= 4 is 12.0 Å². The van der Waals surface area contributed by atoms with Crippen LogP contribution in [0.1, 0.15) is 20.8 Å². The van der Waals surface area contributed by atoms with Gasteiger partial charge in [0.05, 0.1) is 0 Å². The molecule has 0 aromatic heterocycles. The average molecular weight is 137 g/mol. The van der Waals surface area contributed by atoms with Crippen molar-refractivity contribution in [1.29, 1.82) is 0 Å². The third kappa shape index (κ3) is 0.897. The molecule has 0 fully saturated rings. The van der Waals surface area contributed by atoms with Gasteiger partial charge in [-0.3, -0.25) is 4.99 Å². The van der Waals surface area contributed by atoms with Gasteiger partial charge in [-0.25, -0.2) is 0 Å². The number of hydrogen-bond donors (Lipinski definition) is 0. The predicted molar refractivity (Wildman–Crippen MR) is 41.3 cm³/mol. The first-order valence-electron chi connectivity index (χ1n) is 3.34. The van der Waals surface area contributed by atoms with Crippen molar-refractivity contribution in [3.05, 3.63) is 11.1 Å². The fraction of sp³-hybridized carbons (Fsp3) is 0.500. The molecule has 0 aromatic carbocycles. The summed E-state index contributed by atoms with van der Waals surface area (Å²) in [5.74, 6) is 0. The van der Waals surface area contributed by atoms with Crippen LogP contribution in [0.5, 0.6) is 0 Å². The lowest BCUT2D eigenvalue weighted by atomic mass is 10.1. The summed E-state index contributed by atoms with van der Waals surface area (Å²) in [6.45, 7) is 5.88. The van der Waals surface area contributed by atoms with Crippen LogP contribution in [0.25, 0.3) is 0 Å². The Balaban J connectivity index is 2.99. The van der Waals surface area contributed by atoms with Crippen LogP contribution < -0.4 is 0 Å². The standard InChI is InChI=1S/C8H11NO/c1-5-6(2)8(4-10)9-7(5)3/h4,8H,1-3H3. The minimum Gasteiger partial charge on any atom is -0.301 e. The van der Waals surface area contributed by atoms with Crippen molar-refractivity contribution in [3.8, 4) is 0 Å². The highest BCUT2D eigenvalue weighted by Crippen LogP contribution is 2.18. The number of hydrogen-bond acceptors (Lipinski definition) is 2. The third-order valence-corrected chi connectivity index (χ3v) is 2.04. The van der Waals surface area contributed by atoms with Gasteiger partial charge >= 0.3 is 0 Å². The smallest absolute Gasteiger partial charge is 0.148 e. The van der Waals surface area contributed by atoms with Gasteiger partial charge in [0, 0.05) is 5.71 Å². The summed E-state index contributed by atoms with van der Waals surface area (Å²) in [5, 5.41) is 0. The topological polar surface area (TPSA) is 29.4 Å². The van der Waals surface area contributed by atoms with Crippen LogP contribution in [0.15, 0.2) is 16.1 Å². The van der Waals surface area contributed by atoms with E-state index in [2.05, 4.69) is 4.99 Å². The summed E-state index contributed by atoms with van der Waals surface area (Å²) in [4.78, 5) is 14.5. The molecule has 0 N–H and O–H groups in total. The Labute approximate surface area is 60.7 Å². The second-order valence-electron chi connectivity index (χ2n) is 2.60. The van der Waals surface area contributed by atoms with Gasteiger partial charge in [-0.2, -0.15) is 0 Å². The highest BCUT2D eigenvalue weighted by molar-refractivity contribution is 6.02. The van der Waals surface area contributed by atoms with E-state index < -0.39 is 0 Å². The minimum absolute atomic E-state index is 0.194. The number of aldehydes is 1. The molecule has 1 rings (SSSR count). The SMILES string of the molecule is CC1=NC(C=O)C(C)=C1C. The number of carbonyl (C=O) groups is 1. The first-order chi connectivity index (χ1) is 4.66. The number of aliphatic imine (C=N–C) groups is 1. The van der Waals surface area contributed by atoms with Gasteiger partial charge in [-0.1, -0.05) is 0 Å². The monoisotopic (exact) mass is 137 g/mol. The van der Waals surface area contributed by atoms with Crippen LogP contribution in [-0.2, 0) is 4.79 Å². The first kappa shape index (κ1) is 7.19. The molecule has 0 amide bonds. The molecule has 1 atom stereocenters. The molecule has 0 bridgehead atoms. The summed E-state index contributed by atoms with van der Waals surface area (Å²) < 4.78 is 0. The molecule has 10 heavy (non-hydrogen) atoms. The van der Waals surface area contributed by atoms with Crippen LogP contribution in [0.2, 0.25) is 0 Å². The average Bonchev–Trinajstić information content (AvgIpc) is 2.17. The molecule has 1 aliphatic rings. The molecular weight excluding hydrogens is 126 g/mol. The quantitative estimate of drug-likeness (QED) is 0.502. The lowest BCUT2D eigenvalue weighted by Crippen LogP contribution is -2.03. The van der Waals surface area contributed by atoms with Crippen molar-refractivity contribution in [1.82, 2.24) is 0 Å². The van der Waals surface area contributed by atoms with Crippen molar-refractivity contribution in [2.45, 2.75) is 26.8 Å². The maximum absolute atomic E-state index is 10.4. The van der Waals surface area contributed by atoms with Gasteiger partial charge in [-0.05, 0) is 31.9 Å². The van der Waals surface area contributed by atoms with E-state index in [4.69, 9.17) is 0 Å². The molecule has 1 aliphatic heterocycles. The zero-order chi connectivity index (χ0) is 7.72. The molecule has 2 heteroatoms. The first-order valence-corrected chi connectivity index (χ1v) is 3.34. The van der Waals surface area contributed by atoms with E-state index in [9.17, 15) is 4.79 Å². The Morgan fingerprint density at radius 1 is 1.40 bits per heavy atom. The van der Waals surface area contributed by atoms with Crippen LogP contribution in [0, 0.1) is 0 Å². The van der Waals surface area contributed by atoms with Crippen molar-refractivity contribution < 1.29 is 4.79 Å². The van der Waals surface area contributed by atoms with Crippen LogP contribution in [0.3, 0.4) is 0 Å². The van der Waals surface area contributed by atoms with E-state index in [0.717, 1.165) is 23.1 Å². The van der Waals surface area contributed by atoms with Gasteiger partial charge in [0.2, 0.25) is 0 Å². The largest absolute Gasteiger partial charge is 0.301 e. The molecule has 2 nitrogen and oxygen atoms in total. The van der Waals surface area contributed by atoms with E-state index in [0.29, 0.717) is 0 Å². The van der Waals surface area contributed by atoms with Gasteiger partial charge in [0.15, 0.2) is 0 Å². The molecule has 1 heterocycles. The zero-order valence-corrected chi connectivity index (χ0v) is 6.51. The van der Waals surface area contributed by atoms with E-state index in [1.165, 1.54) is 0 Å². The van der Waals surface area contributed by atoms with E-state index in [1.807, 2.05) is 20.8 Å². The van der Waals surface area contributed by atoms with Gasteiger partial charge in [0.25, 0.3) is 0 Å². The maximum Gasteiger partial charge on any atom is 0.148 e. The zero-order valence-electron chi connectivity index (χ0n) is 6.51. The summed E-state index contributed by atoms with van der Waals surface area (Å²) in [6, 6.07) is -0.194. The molecule has 1 unspecified atom stereocenters. The normalized spacial score (nSPS) is 25.1. The molecule has 0 aliphatic carbocycles. The molecular formula is C8H11NO. The number of allylic oxidation sites excluding steroid dienone is 1. The van der Waals surface area contributed by atoms with E-state index in [1.54, 1.807) is 0 Å². The number of rotatable bonds is 1. The second-order valence-corrected chi connectivity index (χ2v) is 2.60. The molecule has 0 aromatic rings. The Morgan fingerprint density at radius 2 is 2.00 bits per heavy atom. The Bertz CT molecular complexity index is 225. The third-order valence-electron chi connectivity index (χ3n) is 2.04. The summed E-state index contributed by atoms with van der Waals surface area (Å²) in [7, 11) is 0.